The Hall–Kier alpha value is -1.61. The highest BCUT2D eigenvalue weighted by molar-refractivity contribution is 5.84. The molecule has 2 N–H and O–H groups in total. The molecule has 0 aromatic rings. The van der Waals surface area contributed by atoms with E-state index >= 15 is 0 Å². The summed E-state index contributed by atoms with van der Waals surface area (Å²) in [5.74, 6) is -0.935. The summed E-state index contributed by atoms with van der Waals surface area (Å²) in [5.41, 5.74) is 4.31. The van der Waals surface area contributed by atoms with Crippen molar-refractivity contribution < 1.29 is 15.0 Å². The predicted octanol–water partition coefficient (Wildman–Crippen LogP) is 5.05. The van der Waals surface area contributed by atoms with Crippen LogP contribution >= 0.6 is 0 Å². The van der Waals surface area contributed by atoms with Crippen LogP contribution in [-0.4, -0.2) is 22.8 Å². The first-order valence-electron chi connectivity index (χ1n) is 7.65. The maximum atomic E-state index is 9.60. The highest BCUT2D eigenvalue weighted by atomic mass is 16.4. The monoisotopic (exact) mass is 308 g/mol. The van der Waals surface area contributed by atoms with Gasteiger partial charge >= 0.3 is 5.97 Å². The molecule has 0 saturated heterocycles. The summed E-state index contributed by atoms with van der Waals surface area (Å²) in [5, 5.41) is 16.6. The molecule has 3 nitrogen and oxygen atoms in total. The standard InChI is InChI=1S/C15H26O.C4H6O2/c1-13(2)7-5-8-14(3)9-6-10-15(4)11-12-16;1-3(2)4(5)6/h7,9,11,16H,5-6,8,10,12H2,1-4H3;1H2,2H3,(H,5,6). The molecule has 0 aliphatic heterocycles. The SMILES string of the molecule is C=C(C)C(=O)O.CC(C)=CCCC(C)=CCCC(C)=CCO. The number of aliphatic hydroxyl groups excluding tert-OH is 1. The molecule has 3 heteroatoms. The van der Waals surface area contributed by atoms with Gasteiger partial charge in [-0.1, -0.05) is 41.5 Å². The normalized spacial score (nSPS) is 11.4. The van der Waals surface area contributed by atoms with Gasteiger partial charge in [-0.15, -0.1) is 0 Å². The number of hydrogen-bond acceptors (Lipinski definition) is 2. The number of rotatable bonds is 8. The molecule has 0 saturated carbocycles. The van der Waals surface area contributed by atoms with Gasteiger partial charge in [-0.05, 0) is 60.3 Å². The molecule has 0 aliphatic carbocycles. The molecule has 0 bridgehead atoms. The molecule has 0 heterocycles. The van der Waals surface area contributed by atoms with E-state index in [1.54, 1.807) is 0 Å². The fourth-order valence-corrected chi connectivity index (χ4v) is 1.49. The third-order valence-corrected chi connectivity index (χ3v) is 2.93. The number of aliphatic hydroxyl groups is 1. The number of carboxylic acids is 1. The van der Waals surface area contributed by atoms with Crippen molar-refractivity contribution in [3.8, 4) is 0 Å². The summed E-state index contributed by atoms with van der Waals surface area (Å²) in [6.07, 6.45) is 10.9. The summed E-state index contributed by atoms with van der Waals surface area (Å²) in [7, 11) is 0. The van der Waals surface area contributed by atoms with Crippen molar-refractivity contribution in [1.82, 2.24) is 0 Å². The van der Waals surface area contributed by atoms with Crippen molar-refractivity contribution in [1.29, 1.82) is 0 Å². The molecule has 0 aromatic heterocycles. The van der Waals surface area contributed by atoms with Crippen molar-refractivity contribution in [2.24, 2.45) is 0 Å². The molecule has 0 atom stereocenters. The Bertz CT molecular complexity index is 410. The van der Waals surface area contributed by atoms with E-state index in [2.05, 4.69) is 46.4 Å². The first-order valence-corrected chi connectivity index (χ1v) is 7.65. The lowest BCUT2D eigenvalue weighted by molar-refractivity contribution is -0.132. The average molecular weight is 308 g/mol. The molecule has 0 rings (SSSR count). The number of aliphatic carboxylic acids is 1. The zero-order chi connectivity index (χ0) is 17.5. The van der Waals surface area contributed by atoms with Crippen molar-refractivity contribution >= 4 is 5.97 Å². The summed E-state index contributed by atoms with van der Waals surface area (Å²) < 4.78 is 0. The van der Waals surface area contributed by atoms with Gasteiger partial charge in [0.25, 0.3) is 0 Å². The van der Waals surface area contributed by atoms with Crippen LogP contribution in [0.25, 0.3) is 0 Å². The molecule has 0 amide bonds. The van der Waals surface area contributed by atoms with Gasteiger partial charge in [0.2, 0.25) is 0 Å². The highest BCUT2D eigenvalue weighted by Gasteiger charge is 1.91. The average Bonchev–Trinajstić information content (AvgIpc) is 2.39. The lowest BCUT2D eigenvalue weighted by atomic mass is 10.1. The Morgan fingerprint density at radius 1 is 0.909 bits per heavy atom. The Kier molecular flexibility index (Phi) is 14.8. The Morgan fingerprint density at radius 3 is 1.68 bits per heavy atom. The molecule has 0 aromatic carbocycles. The van der Waals surface area contributed by atoms with E-state index in [1.165, 1.54) is 23.6 Å². The molecule has 0 spiro atoms. The van der Waals surface area contributed by atoms with Crippen LogP contribution in [-0.2, 0) is 4.79 Å². The van der Waals surface area contributed by atoms with Gasteiger partial charge in [-0.25, -0.2) is 4.79 Å². The summed E-state index contributed by atoms with van der Waals surface area (Å²) >= 11 is 0. The van der Waals surface area contributed by atoms with Gasteiger partial charge in [0, 0.05) is 5.57 Å². The molecular weight excluding hydrogens is 276 g/mol. The molecule has 0 fully saturated rings. The van der Waals surface area contributed by atoms with Crippen LogP contribution in [0.2, 0.25) is 0 Å². The van der Waals surface area contributed by atoms with Crippen LogP contribution in [0.1, 0.15) is 60.3 Å². The van der Waals surface area contributed by atoms with E-state index in [0.717, 1.165) is 25.7 Å². The second-order valence-corrected chi connectivity index (χ2v) is 5.73. The first-order chi connectivity index (χ1) is 10.2. The molecule has 0 unspecified atom stereocenters. The Morgan fingerprint density at radius 2 is 1.32 bits per heavy atom. The van der Waals surface area contributed by atoms with Gasteiger partial charge in [0.15, 0.2) is 0 Å². The van der Waals surface area contributed by atoms with Crippen LogP contribution in [0.4, 0.5) is 0 Å². The fraction of sp³-hybridized carbons (Fsp3) is 0.526. The van der Waals surface area contributed by atoms with E-state index in [9.17, 15) is 4.79 Å². The third kappa shape index (κ3) is 18.4. The van der Waals surface area contributed by atoms with Crippen molar-refractivity contribution in [2.75, 3.05) is 6.61 Å². The van der Waals surface area contributed by atoms with E-state index < -0.39 is 5.97 Å². The zero-order valence-corrected chi connectivity index (χ0v) is 14.8. The molecule has 0 aliphatic rings. The van der Waals surface area contributed by atoms with E-state index in [1.807, 2.05) is 6.08 Å². The molecular formula is C19H32O3. The van der Waals surface area contributed by atoms with Crippen LogP contribution < -0.4 is 0 Å². The Labute approximate surface area is 135 Å². The van der Waals surface area contributed by atoms with Gasteiger partial charge in [-0.2, -0.15) is 0 Å². The fourth-order valence-electron chi connectivity index (χ4n) is 1.49. The van der Waals surface area contributed by atoms with Crippen LogP contribution in [0.15, 0.2) is 47.1 Å². The minimum atomic E-state index is -0.935. The molecule has 22 heavy (non-hydrogen) atoms. The minimum absolute atomic E-state index is 0.162. The quantitative estimate of drug-likeness (QED) is 0.487. The van der Waals surface area contributed by atoms with Crippen molar-refractivity contribution in [3.05, 3.63) is 47.1 Å². The van der Waals surface area contributed by atoms with Gasteiger partial charge < -0.3 is 10.2 Å². The topological polar surface area (TPSA) is 57.5 Å². The van der Waals surface area contributed by atoms with E-state index in [4.69, 9.17) is 10.2 Å². The lowest BCUT2D eigenvalue weighted by Crippen LogP contribution is -1.92. The second-order valence-electron chi connectivity index (χ2n) is 5.73. The number of hydrogen-bond donors (Lipinski definition) is 2. The van der Waals surface area contributed by atoms with Gasteiger partial charge in [0.1, 0.15) is 0 Å². The number of carboxylic acid groups (broad SMARTS) is 1. The van der Waals surface area contributed by atoms with Crippen LogP contribution in [0, 0.1) is 0 Å². The summed E-state index contributed by atoms with van der Waals surface area (Å²) in [6, 6.07) is 0. The largest absolute Gasteiger partial charge is 0.478 e. The Balaban J connectivity index is 0. The van der Waals surface area contributed by atoms with Gasteiger partial charge in [0.05, 0.1) is 6.61 Å². The van der Waals surface area contributed by atoms with Crippen LogP contribution in [0.3, 0.4) is 0 Å². The summed E-state index contributed by atoms with van der Waals surface area (Å²) in [6.45, 7) is 13.3. The summed E-state index contributed by atoms with van der Waals surface area (Å²) in [4.78, 5) is 9.60. The zero-order valence-electron chi connectivity index (χ0n) is 14.8. The van der Waals surface area contributed by atoms with Crippen LogP contribution in [0.5, 0.6) is 0 Å². The second kappa shape index (κ2) is 14.3. The smallest absolute Gasteiger partial charge is 0.330 e. The minimum Gasteiger partial charge on any atom is -0.478 e. The first kappa shape index (κ1) is 22.7. The highest BCUT2D eigenvalue weighted by Crippen LogP contribution is 2.10. The van der Waals surface area contributed by atoms with E-state index in [0.29, 0.717) is 0 Å². The van der Waals surface area contributed by atoms with Gasteiger partial charge in [-0.3, -0.25) is 0 Å². The maximum absolute atomic E-state index is 9.60. The van der Waals surface area contributed by atoms with Crippen molar-refractivity contribution in [3.63, 3.8) is 0 Å². The number of carbonyl (C=O) groups is 1. The third-order valence-electron chi connectivity index (χ3n) is 2.93. The van der Waals surface area contributed by atoms with Crippen molar-refractivity contribution in [2.45, 2.75) is 60.3 Å². The maximum Gasteiger partial charge on any atom is 0.330 e. The van der Waals surface area contributed by atoms with E-state index in [-0.39, 0.29) is 12.2 Å². The lowest BCUT2D eigenvalue weighted by Gasteiger charge is -2.00. The molecule has 0 radical (unpaired) electrons. The number of allylic oxidation sites excluding steroid dienone is 5. The predicted molar refractivity (Wildman–Crippen MR) is 94.9 cm³/mol. The molecule has 126 valence electrons.